The highest BCUT2D eigenvalue weighted by atomic mass is 16.5. The zero-order valence-electron chi connectivity index (χ0n) is 21.7. The van der Waals surface area contributed by atoms with Gasteiger partial charge in [0.2, 0.25) is 0 Å². The molecule has 212 valence electrons. The second-order valence-corrected chi connectivity index (χ2v) is 9.70. The van der Waals surface area contributed by atoms with E-state index in [0.717, 1.165) is 24.3 Å². The van der Waals surface area contributed by atoms with E-state index in [0.29, 0.717) is 5.56 Å². The van der Waals surface area contributed by atoms with Crippen molar-refractivity contribution in [3.63, 3.8) is 0 Å². The van der Waals surface area contributed by atoms with E-state index in [2.05, 4.69) is 0 Å². The van der Waals surface area contributed by atoms with Crippen LogP contribution in [0.5, 0.6) is 46.0 Å². The van der Waals surface area contributed by atoms with Crippen molar-refractivity contribution in [1.82, 2.24) is 0 Å². The van der Waals surface area contributed by atoms with Gasteiger partial charge in [0.05, 0.1) is 18.6 Å². The molecule has 5 aromatic rings. The SMILES string of the molecule is COc1cc(O)c([C@@H]2C(=O)c3c(O)cc(O)cc3O[C@H]2c2ccc(O)c(O)c2)c2oc(-c3ccc(O)cc3)cc(=O)c12. The van der Waals surface area contributed by atoms with Crippen LogP contribution in [-0.4, -0.2) is 43.5 Å². The number of benzene rings is 4. The van der Waals surface area contributed by atoms with Gasteiger partial charge in [0.1, 0.15) is 62.9 Å². The summed E-state index contributed by atoms with van der Waals surface area (Å²) < 4.78 is 17.6. The smallest absolute Gasteiger partial charge is 0.197 e. The lowest BCUT2D eigenvalue weighted by molar-refractivity contribution is 0.0772. The maximum atomic E-state index is 14.2. The molecule has 6 rings (SSSR count). The molecule has 11 nitrogen and oxygen atoms in total. The quantitative estimate of drug-likeness (QED) is 0.163. The van der Waals surface area contributed by atoms with Gasteiger partial charge in [0.15, 0.2) is 22.7 Å². The van der Waals surface area contributed by atoms with Gasteiger partial charge in [0.25, 0.3) is 0 Å². The van der Waals surface area contributed by atoms with Gasteiger partial charge < -0.3 is 44.5 Å². The van der Waals surface area contributed by atoms with Crippen LogP contribution in [0.25, 0.3) is 22.3 Å². The first-order chi connectivity index (χ1) is 20.1. The molecule has 6 N–H and O–H groups in total. The van der Waals surface area contributed by atoms with Crippen LogP contribution >= 0.6 is 0 Å². The Bertz CT molecular complexity index is 1960. The number of carbonyl (C=O) groups excluding carboxylic acids is 1. The highest BCUT2D eigenvalue weighted by Crippen LogP contribution is 2.52. The monoisotopic (exact) mass is 570 g/mol. The number of hydrogen-bond acceptors (Lipinski definition) is 11. The Morgan fingerprint density at radius 1 is 0.738 bits per heavy atom. The maximum absolute atomic E-state index is 14.2. The largest absolute Gasteiger partial charge is 0.508 e. The number of rotatable bonds is 4. The third kappa shape index (κ3) is 4.15. The van der Waals surface area contributed by atoms with E-state index in [-0.39, 0.29) is 56.4 Å². The molecule has 0 spiro atoms. The Hall–Kier alpha value is -5.84. The average molecular weight is 571 g/mol. The second kappa shape index (κ2) is 9.66. The predicted molar refractivity (Wildman–Crippen MR) is 148 cm³/mol. The first kappa shape index (κ1) is 26.4. The van der Waals surface area contributed by atoms with Crippen LogP contribution in [0.2, 0.25) is 0 Å². The molecule has 1 aliphatic heterocycles. The third-order valence-electron chi connectivity index (χ3n) is 7.14. The number of aromatic hydroxyl groups is 6. The Balaban J connectivity index is 1.68. The zero-order valence-corrected chi connectivity index (χ0v) is 21.7. The lowest BCUT2D eigenvalue weighted by Crippen LogP contribution is -2.30. The molecule has 1 aliphatic rings. The Kier molecular flexibility index (Phi) is 6.07. The highest BCUT2D eigenvalue weighted by Gasteiger charge is 2.44. The summed E-state index contributed by atoms with van der Waals surface area (Å²) in [4.78, 5) is 27.6. The molecule has 0 radical (unpaired) electrons. The van der Waals surface area contributed by atoms with Crippen molar-refractivity contribution < 1.29 is 49.3 Å². The summed E-state index contributed by atoms with van der Waals surface area (Å²) in [6, 6.07) is 14.0. The summed E-state index contributed by atoms with van der Waals surface area (Å²) in [5.74, 6) is -4.83. The van der Waals surface area contributed by atoms with E-state index in [9.17, 15) is 40.2 Å². The van der Waals surface area contributed by atoms with Gasteiger partial charge >= 0.3 is 0 Å². The number of fused-ring (bicyclic) bond motifs is 2. The highest BCUT2D eigenvalue weighted by molar-refractivity contribution is 6.09. The summed E-state index contributed by atoms with van der Waals surface area (Å²) in [5.41, 5.74) is -0.656. The summed E-state index contributed by atoms with van der Waals surface area (Å²) in [5, 5.41) is 61.8. The standard InChI is InChI=1S/C31H22O11/c1-40-23-12-21(38)27(31-26(23)20(37)11-22(41-31)13-2-5-15(32)6-3-13)28-29(39)25-19(36)9-16(33)10-24(25)42-30(28)14-4-7-17(34)18(35)8-14/h2-12,28,30,32-36,38H,1H3/t28-,30+/m1/s1. The van der Waals surface area contributed by atoms with Crippen molar-refractivity contribution in [3.05, 3.63) is 93.6 Å². The van der Waals surface area contributed by atoms with E-state index < -0.39 is 46.2 Å². The van der Waals surface area contributed by atoms with E-state index in [1.165, 1.54) is 49.6 Å². The van der Waals surface area contributed by atoms with Gasteiger partial charge in [-0.25, -0.2) is 0 Å². The van der Waals surface area contributed by atoms with Crippen LogP contribution in [0.15, 0.2) is 75.9 Å². The van der Waals surface area contributed by atoms with Crippen LogP contribution in [-0.2, 0) is 0 Å². The van der Waals surface area contributed by atoms with Crippen LogP contribution in [0.1, 0.15) is 33.5 Å². The first-order valence-electron chi connectivity index (χ1n) is 12.5. The van der Waals surface area contributed by atoms with Gasteiger partial charge in [-0.1, -0.05) is 6.07 Å². The van der Waals surface area contributed by atoms with Crippen molar-refractivity contribution >= 4 is 16.8 Å². The van der Waals surface area contributed by atoms with Crippen molar-refractivity contribution in [2.75, 3.05) is 7.11 Å². The molecular weight excluding hydrogens is 548 g/mol. The van der Waals surface area contributed by atoms with E-state index in [1.807, 2.05) is 0 Å². The number of phenols is 6. The van der Waals surface area contributed by atoms with Crippen molar-refractivity contribution in [2.45, 2.75) is 12.0 Å². The van der Waals surface area contributed by atoms with Gasteiger partial charge in [-0.3, -0.25) is 9.59 Å². The normalized spacial score (nSPS) is 16.2. The Morgan fingerprint density at radius 2 is 1.48 bits per heavy atom. The van der Waals surface area contributed by atoms with E-state index >= 15 is 0 Å². The summed E-state index contributed by atoms with van der Waals surface area (Å²) >= 11 is 0. The van der Waals surface area contributed by atoms with Gasteiger partial charge in [-0.05, 0) is 42.0 Å². The lowest BCUT2D eigenvalue weighted by atomic mass is 9.79. The number of Topliss-reactive ketones (excluding diaryl/α,β-unsaturated/α-hetero) is 1. The molecular formula is C31H22O11. The van der Waals surface area contributed by atoms with E-state index in [1.54, 1.807) is 0 Å². The minimum absolute atomic E-state index is 0.0173. The van der Waals surface area contributed by atoms with Crippen LogP contribution in [0, 0.1) is 0 Å². The fraction of sp³-hybridized carbons (Fsp3) is 0.0968. The molecule has 11 heteroatoms. The lowest BCUT2D eigenvalue weighted by Gasteiger charge is -2.34. The molecule has 0 aliphatic carbocycles. The summed E-state index contributed by atoms with van der Waals surface area (Å²) in [6.45, 7) is 0. The Morgan fingerprint density at radius 3 is 2.17 bits per heavy atom. The molecule has 0 amide bonds. The van der Waals surface area contributed by atoms with Gasteiger partial charge in [0, 0.05) is 29.8 Å². The average Bonchev–Trinajstić information content (AvgIpc) is 2.94. The number of phenolic OH excluding ortho intramolecular Hbond substituents is 6. The molecule has 0 saturated heterocycles. The number of carbonyl (C=O) groups is 1. The van der Waals surface area contributed by atoms with Crippen molar-refractivity contribution in [3.8, 4) is 57.3 Å². The maximum Gasteiger partial charge on any atom is 0.197 e. The predicted octanol–water partition coefficient (Wildman–Crippen LogP) is 4.80. The van der Waals surface area contributed by atoms with Crippen molar-refractivity contribution in [1.29, 1.82) is 0 Å². The molecule has 42 heavy (non-hydrogen) atoms. The molecule has 0 bridgehead atoms. The molecule has 1 aromatic heterocycles. The zero-order chi connectivity index (χ0) is 29.9. The molecule has 4 aromatic carbocycles. The van der Waals surface area contributed by atoms with E-state index in [4.69, 9.17) is 13.9 Å². The third-order valence-corrected chi connectivity index (χ3v) is 7.14. The van der Waals surface area contributed by atoms with Crippen LogP contribution in [0.3, 0.4) is 0 Å². The minimum Gasteiger partial charge on any atom is -0.508 e. The summed E-state index contributed by atoms with van der Waals surface area (Å²) in [7, 11) is 1.29. The fourth-order valence-electron chi connectivity index (χ4n) is 5.22. The molecule has 2 atom stereocenters. The van der Waals surface area contributed by atoms with Crippen LogP contribution < -0.4 is 14.9 Å². The number of ketones is 1. The summed E-state index contributed by atoms with van der Waals surface area (Å²) in [6.07, 6.45) is -1.32. The fourth-order valence-corrected chi connectivity index (χ4v) is 5.22. The minimum atomic E-state index is -1.48. The second-order valence-electron chi connectivity index (χ2n) is 9.70. The van der Waals surface area contributed by atoms with Gasteiger partial charge in [-0.2, -0.15) is 0 Å². The molecule has 2 heterocycles. The number of hydrogen-bond donors (Lipinski definition) is 6. The van der Waals surface area contributed by atoms with Crippen molar-refractivity contribution in [2.24, 2.45) is 0 Å². The number of methoxy groups -OCH3 is 1. The van der Waals surface area contributed by atoms with Crippen LogP contribution in [0.4, 0.5) is 0 Å². The first-order valence-corrected chi connectivity index (χ1v) is 12.5. The molecule has 0 fully saturated rings. The van der Waals surface area contributed by atoms with Gasteiger partial charge in [-0.15, -0.1) is 0 Å². The molecule has 0 unspecified atom stereocenters. The number of ether oxygens (including phenoxy) is 2. The molecule has 0 saturated carbocycles. The topological polar surface area (TPSA) is 187 Å². The Labute approximate surface area is 236 Å².